The Kier molecular flexibility index (Phi) is 5.51. The van der Waals surface area contributed by atoms with Crippen LogP contribution in [0.2, 0.25) is 0 Å². The van der Waals surface area contributed by atoms with Crippen LogP contribution in [0.1, 0.15) is 43.1 Å². The summed E-state index contributed by atoms with van der Waals surface area (Å²) in [5.74, 6) is 0.0392. The summed E-state index contributed by atoms with van der Waals surface area (Å²) in [7, 11) is 0. The molecule has 0 radical (unpaired) electrons. The molecule has 0 spiro atoms. The van der Waals surface area contributed by atoms with Gasteiger partial charge >= 0.3 is 0 Å². The number of rotatable bonds is 4. The number of hydrogen-bond donors (Lipinski definition) is 1. The van der Waals surface area contributed by atoms with Crippen LogP contribution in [-0.2, 0) is 0 Å². The summed E-state index contributed by atoms with van der Waals surface area (Å²) < 4.78 is 0.983. The minimum Gasteiger partial charge on any atom is -0.354 e. The number of likely N-dealkylation sites (tertiary alicyclic amines) is 1. The third-order valence-electron chi connectivity index (χ3n) is 4.49. The lowest BCUT2D eigenvalue weighted by Crippen LogP contribution is -2.43. The smallest absolute Gasteiger partial charge is 0.272 e. The third-order valence-corrected chi connectivity index (χ3v) is 5.18. The van der Waals surface area contributed by atoms with E-state index in [-0.39, 0.29) is 5.91 Å². The highest BCUT2D eigenvalue weighted by atomic mass is 79.9. The molecule has 5 heteroatoms. The molecule has 1 N–H and O–H groups in total. The lowest BCUT2D eigenvalue weighted by molar-refractivity contribution is 0.0602. The molecule has 2 heterocycles. The zero-order valence-electron chi connectivity index (χ0n) is 13.8. The maximum absolute atomic E-state index is 12.9. The van der Waals surface area contributed by atoms with E-state index in [1.807, 2.05) is 41.3 Å². The highest BCUT2D eigenvalue weighted by Crippen LogP contribution is 2.26. The van der Waals surface area contributed by atoms with Gasteiger partial charge in [-0.3, -0.25) is 9.78 Å². The number of hydrogen-bond acceptors (Lipinski definition) is 3. The number of piperidine rings is 1. The number of benzene rings is 1. The highest BCUT2D eigenvalue weighted by molar-refractivity contribution is 9.10. The molecule has 1 aliphatic heterocycles. The fourth-order valence-corrected chi connectivity index (χ4v) is 3.57. The first-order valence-electron chi connectivity index (χ1n) is 8.47. The summed E-state index contributed by atoms with van der Waals surface area (Å²) in [5.41, 5.74) is 2.34. The van der Waals surface area contributed by atoms with E-state index < -0.39 is 0 Å². The van der Waals surface area contributed by atoms with Crippen LogP contribution < -0.4 is 5.32 Å². The largest absolute Gasteiger partial charge is 0.354 e. The van der Waals surface area contributed by atoms with Gasteiger partial charge in [-0.15, -0.1) is 0 Å². The maximum atomic E-state index is 12.9. The number of aromatic nitrogens is 1. The molecule has 24 heavy (non-hydrogen) atoms. The van der Waals surface area contributed by atoms with Crippen molar-refractivity contribution >= 4 is 33.2 Å². The quantitative estimate of drug-likeness (QED) is 0.803. The number of nitrogens with one attached hydrogen (secondary N) is 1. The number of amides is 1. The fourth-order valence-electron chi connectivity index (χ4n) is 3.18. The average Bonchev–Trinajstić information content (AvgIpc) is 2.63. The molecule has 3 rings (SSSR count). The van der Waals surface area contributed by atoms with Gasteiger partial charge in [0, 0.05) is 28.9 Å². The van der Waals surface area contributed by atoms with Crippen molar-refractivity contribution in [1.29, 1.82) is 0 Å². The Morgan fingerprint density at radius 1 is 1.33 bits per heavy atom. The first kappa shape index (κ1) is 17.0. The van der Waals surface area contributed by atoms with Crippen molar-refractivity contribution in [3.05, 3.63) is 52.8 Å². The number of nitrogens with zero attached hydrogens (tertiary/aromatic N) is 2. The van der Waals surface area contributed by atoms with Gasteiger partial charge in [0.2, 0.25) is 0 Å². The molecular formula is C19H22BrN3O. The second-order valence-corrected chi connectivity index (χ2v) is 6.95. The summed E-state index contributed by atoms with van der Waals surface area (Å²) in [6, 6.07) is 12.0. The second kappa shape index (κ2) is 7.79. The van der Waals surface area contributed by atoms with Crippen molar-refractivity contribution in [1.82, 2.24) is 9.88 Å². The van der Waals surface area contributed by atoms with Crippen LogP contribution in [0.25, 0.3) is 0 Å². The predicted molar refractivity (Wildman–Crippen MR) is 101 cm³/mol. The van der Waals surface area contributed by atoms with Gasteiger partial charge in [-0.2, -0.15) is 0 Å². The van der Waals surface area contributed by atoms with Crippen molar-refractivity contribution in [2.75, 3.05) is 11.9 Å². The van der Waals surface area contributed by atoms with Gasteiger partial charge in [0.25, 0.3) is 5.91 Å². The first-order valence-corrected chi connectivity index (χ1v) is 9.27. The van der Waals surface area contributed by atoms with Gasteiger partial charge in [-0.05, 0) is 65.9 Å². The molecular weight excluding hydrogens is 366 g/mol. The van der Waals surface area contributed by atoms with Crippen molar-refractivity contribution in [2.45, 2.75) is 38.6 Å². The number of halogens is 1. The predicted octanol–water partition coefficient (Wildman–Crippen LogP) is 4.99. The highest BCUT2D eigenvalue weighted by Gasteiger charge is 2.26. The Labute approximate surface area is 151 Å². The van der Waals surface area contributed by atoms with E-state index in [2.05, 4.69) is 33.2 Å². The van der Waals surface area contributed by atoms with Crippen LogP contribution in [0.4, 0.5) is 11.4 Å². The Balaban J connectivity index is 1.79. The van der Waals surface area contributed by atoms with E-state index in [1.165, 1.54) is 6.42 Å². The van der Waals surface area contributed by atoms with Crippen molar-refractivity contribution < 1.29 is 4.79 Å². The molecule has 1 fully saturated rings. The number of anilines is 2. The molecule has 2 aromatic rings. The molecule has 0 aliphatic carbocycles. The third kappa shape index (κ3) is 3.78. The molecule has 1 unspecified atom stereocenters. The summed E-state index contributed by atoms with van der Waals surface area (Å²) in [6.07, 6.45) is 6.07. The van der Waals surface area contributed by atoms with E-state index in [0.29, 0.717) is 11.7 Å². The van der Waals surface area contributed by atoms with E-state index in [9.17, 15) is 4.79 Å². The standard InChI is InChI=1S/C19H22BrN3O/c1-2-15-7-5-6-12-23(15)19(24)18-13-14(10-11-21-18)22-17-9-4-3-8-16(17)20/h3-4,8-11,13,15H,2,5-7,12H2,1H3,(H,21,22). The van der Waals surface area contributed by atoms with Crippen molar-refractivity contribution in [3.63, 3.8) is 0 Å². The van der Waals surface area contributed by atoms with E-state index in [4.69, 9.17) is 0 Å². The Bertz CT molecular complexity index is 719. The maximum Gasteiger partial charge on any atom is 0.272 e. The summed E-state index contributed by atoms with van der Waals surface area (Å²) in [5, 5.41) is 3.34. The van der Waals surface area contributed by atoms with Gasteiger partial charge in [0.15, 0.2) is 0 Å². The summed E-state index contributed by atoms with van der Waals surface area (Å²) in [6.45, 7) is 2.98. The molecule has 4 nitrogen and oxygen atoms in total. The Morgan fingerprint density at radius 3 is 2.96 bits per heavy atom. The second-order valence-electron chi connectivity index (χ2n) is 6.09. The minimum absolute atomic E-state index is 0.0392. The van der Waals surface area contributed by atoms with Gasteiger partial charge in [-0.1, -0.05) is 19.1 Å². The van der Waals surface area contributed by atoms with Gasteiger partial charge in [-0.25, -0.2) is 0 Å². The topological polar surface area (TPSA) is 45.2 Å². The molecule has 0 bridgehead atoms. The number of carbonyl (C=O) groups is 1. The zero-order chi connectivity index (χ0) is 16.9. The number of carbonyl (C=O) groups excluding carboxylic acids is 1. The van der Waals surface area contributed by atoms with Crippen LogP contribution in [0, 0.1) is 0 Å². The Morgan fingerprint density at radius 2 is 2.17 bits per heavy atom. The number of pyridine rings is 1. The molecule has 1 aliphatic rings. The molecule has 126 valence electrons. The SMILES string of the molecule is CCC1CCCCN1C(=O)c1cc(Nc2ccccc2Br)ccn1. The monoisotopic (exact) mass is 387 g/mol. The molecule has 1 aromatic carbocycles. The van der Waals surface area contributed by atoms with E-state index in [1.54, 1.807) is 6.20 Å². The lowest BCUT2D eigenvalue weighted by atomic mass is 9.99. The average molecular weight is 388 g/mol. The molecule has 0 saturated carbocycles. The van der Waals surface area contributed by atoms with E-state index in [0.717, 1.165) is 41.7 Å². The molecule has 1 amide bonds. The van der Waals surface area contributed by atoms with Crippen LogP contribution in [0.5, 0.6) is 0 Å². The van der Waals surface area contributed by atoms with Crippen molar-refractivity contribution in [2.24, 2.45) is 0 Å². The summed E-state index contributed by atoms with van der Waals surface area (Å²) >= 11 is 3.53. The van der Waals surface area contributed by atoms with Gasteiger partial charge in [0.05, 0.1) is 5.69 Å². The van der Waals surface area contributed by atoms with Crippen LogP contribution in [-0.4, -0.2) is 28.4 Å². The molecule has 1 aromatic heterocycles. The van der Waals surface area contributed by atoms with E-state index >= 15 is 0 Å². The van der Waals surface area contributed by atoms with Crippen LogP contribution in [0.3, 0.4) is 0 Å². The van der Waals surface area contributed by atoms with Crippen LogP contribution >= 0.6 is 15.9 Å². The van der Waals surface area contributed by atoms with Gasteiger partial charge < -0.3 is 10.2 Å². The molecule has 1 atom stereocenters. The van der Waals surface area contributed by atoms with Crippen LogP contribution in [0.15, 0.2) is 47.1 Å². The normalized spacial score (nSPS) is 17.6. The lowest BCUT2D eigenvalue weighted by Gasteiger charge is -2.35. The van der Waals surface area contributed by atoms with Gasteiger partial charge in [0.1, 0.15) is 5.69 Å². The summed E-state index contributed by atoms with van der Waals surface area (Å²) in [4.78, 5) is 19.2. The molecule has 1 saturated heterocycles. The van der Waals surface area contributed by atoms with Crippen molar-refractivity contribution in [3.8, 4) is 0 Å². The first-order chi connectivity index (χ1) is 11.7. The minimum atomic E-state index is 0.0392. The fraction of sp³-hybridized carbons (Fsp3) is 0.368. The zero-order valence-corrected chi connectivity index (χ0v) is 15.4. The Hall–Kier alpha value is -1.88. The number of para-hydroxylation sites is 1.